The van der Waals surface area contributed by atoms with Crippen LogP contribution in [0, 0.1) is 17.8 Å². The highest BCUT2D eigenvalue weighted by Crippen LogP contribution is 2.58. The molecule has 2 saturated carbocycles. The van der Waals surface area contributed by atoms with E-state index in [-0.39, 0.29) is 5.41 Å². The number of phenolic OH excluding ortho intramolecular Hbond substituents is 2. The molecule has 0 aromatic heterocycles. The maximum absolute atomic E-state index is 9.79. The monoisotopic (exact) mass is 336 g/mol. The molecule has 2 aliphatic carbocycles. The van der Waals surface area contributed by atoms with Gasteiger partial charge in [-0.05, 0) is 66.0 Å². The summed E-state index contributed by atoms with van der Waals surface area (Å²) in [5, 5.41) is 19.6. The highest BCUT2D eigenvalue weighted by atomic mass is 16.3. The molecule has 0 heterocycles. The molecular formula is C23H28O2. The summed E-state index contributed by atoms with van der Waals surface area (Å²) in [7, 11) is 0. The summed E-state index contributed by atoms with van der Waals surface area (Å²) in [5.41, 5.74) is 2.63. The quantitative estimate of drug-likeness (QED) is 0.763. The van der Waals surface area contributed by atoms with E-state index in [4.69, 9.17) is 0 Å². The maximum atomic E-state index is 9.79. The van der Waals surface area contributed by atoms with Gasteiger partial charge in [-0.1, -0.05) is 56.9 Å². The van der Waals surface area contributed by atoms with Crippen LogP contribution in [0.15, 0.2) is 48.5 Å². The molecule has 0 radical (unpaired) electrons. The first-order valence-electron chi connectivity index (χ1n) is 9.68. The molecule has 2 atom stereocenters. The summed E-state index contributed by atoms with van der Waals surface area (Å²) >= 11 is 0. The van der Waals surface area contributed by atoms with Crippen molar-refractivity contribution in [2.75, 3.05) is 0 Å². The Morgan fingerprint density at radius 2 is 1.28 bits per heavy atom. The molecule has 2 N–H and O–H groups in total. The van der Waals surface area contributed by atoms with Crippen LogP contribution >= 0.6 is 0 Å². The lowest BCUT2D eigenvalue weighted by atomic mass is 9.63. The number of aromatic hydroxyl groups is 2. The van der Waals surface area contributed by atoms with Crippen molar-refractivity contribution in [2.24, 2.45) is 17.8 Å². The third-order valence-corrected chi connectivity index (χ3v) is 6.69. The summed E-state index contributed by atoms with van der Waals surface area (Å²) in [6.07, 6.45) is 7.81. The second kappa shape index (κ2) is 6.40. The lowest BCUT2D eigenvalue weighted by Gasteiger charge is -2.40. The zero-order valence-corrected chi connectivity index (χ0v) is 15.0. The predicted molar refractivity (Wildman–Crippen MR) is 101 cm³/mol. The van der Waals surface area contributed by atoms with Gasteiger partial charge in [-0.2, -0.15) is 0 Å². The van der Waals surface area contributed by atoms with Gasteiger partial charge in [-0.3, -0.25) is 0 Å². The van der Waals surface area contributed by atoms with Gasteiger partial charge in [0.2, 0.25) is 0 Å². The Hall–Kier alpha value is -1.96. The lowest BCUT2D eigenvalue weighted by Crippen LogP contribution is -2.35. The Kier molecular flexibility index (Phi) is 4.23. The Morgan fingerprint density at radius 3 is 1.76 bits per heavy atom. The molecule has 0 saturated heterocycles. The van der Waals surface area contributed by atoms with Crippen LogP contribution in [0.3, 0.4) is 0 Å². The Balaban J connectivity index is 1.87. The fourth-order valence-corrected chi connectivity index (χ4v) is 5.72. The molecule has 2 nitrogen and oxygen atoms in total. The van der Waals surface area contributed by atoms with Gasteiger partial charge < -0.3 is 10.2 Å². The van der Waals surface area contributed by atoms with E-state index in [1.807, 2.05) is 24.3 Å². The van der Waals surface area contributed by atoms with Gasteiger partial charge in [-0.15, -0.1) is 0 Å². The molecule has 0 aliphatic heterocycles. The van der Waals surface area contributed by atoms with Crippen LogP contribution in [0.4, 0.5) is 0 Å². The summed E-state index contributed by atoms with van der Waals surface area (Å²) in [5.74, 6) is 2.76. The van der Waals surface area contributed by atoms with Gasteiger partial charge in [0.1, 0.15) is 11.5 Å². The highest BCUT2D eigenvalue weighted by molar-refractivity contribution is 5.45. The molecule has 2 unspecified atom stereocenters. The largest absolute Gasteiger partial charge is 0.508 e. The number of benzene rings is 2. The van der Waals surface area contributed by atoms with Crippen molar-refractivity contribution in [3.05, 3.63) is 59.7 Å². The van der Waals surface area contributed by atoms with Crippen molar-refractivity contribution in [2.45, 2.75) is 50.9 Å². The lowest BCUT2D eigenvalue weighted by molar-refractivity contribution is 0.254. The molecule has 2 aliphatic rings. The normalized spacial score (nSPS) is 26.1. The molecule has 132 valence electrons. The minimum absolute atomic E-state index is 0.00414. The zero-order valence-electron chi connectivity index (χ0n) is 15.0. The molecule has 0 spiro atoms. The van der Waals surface area contributed by atoms with Gasteiger partial charge in [0, 0.05) is 5.41 Å². The second-order valence-electron chi connectivity index (χ2n) is 8.26. The summed E-state index contributed by atoms with van der Waals surface area (Å²) in [4.78, 5) is 0. The van der Waals surface area contributed by atoms with Crippen LogP contribution in [0.2, 0.25) is 0 Å². The van der Waals surface area contributed by atoms with Crippen molar-refractivity contribution < 1.29 is 10.2 Å². The van der Waals surface area contributed by atoms with Crippen LogP contribution in [0.5, 0.6) is 11.5 Å². The van der Waals surface area contributed by atoms with Crippen LogP contribution in [0.25, 0.3) is 0 Å². The topological polar surface area (TPSA) is 40.5 Å². The van der Waals surface area contributed by atoms with Crippen molar-refractivity contribution >= 4 is 0 Å². The fourth-order valence-electron chi connectivity index (χ4n) is 5.72. The van der Waals surface area contributed by atoms with E-state index in [1.54, 1.807) is 0 Å². The van der Waals surface area contributed by atoms with Crippen LogP contribution < -0.4 is 0 Å². The van der Waals surface area contributed by atoms with Crippen molar-refractivity contribution in [3.8, 4) is 11.5 Å². The van der Waals surface area contributed by atoms with E-state index < -0.39 is 0 Å². The summed E-state index contributed by atoms with van der Waals surface area (Å²) < 4.78 is 0. The maximum Gasteiger partial charge on any atom is 0.115 e. The number of phenols is 2. The van der Waals surface area contributed by atoms with Crippen LogP contribution in [-0.2, 0) is 5.41 Å². The van der Waals surface area contributed by atoms with E-state index in [0.717, 1.165) is 12.3 Å². The van der Waals surface area contributed by atoms with Gasteiger partial charge in [0.05, 0.1) is 0 Å². The van der Waals surface area contributed by atoms with Gasteiger partial charge in [-0.25, -0.2) is 0 Å². The average Bonchev–Trinajstić information content (AvgIpc) is 3.24. The zero-order chi connectivity index (χ0) is 17.4. The smallest absolute Gasteiger partial charge is 0.115 e. The minimum atomic E-state index is -0.00414. The molecule has 0 bridgehead atoms. The molecule has 0 amide bonds. The SMILES string of the molecule is CC1CC(C2CCCC2)C(c2ccc(O)cc2)(c2ccc(O)cc2)C1. The molecule has 25 heavy (non-hydrogen) atoms. The minimum Gasteiger partial charge on any atom is -0.508 e. The first-order chi connectivity index (χ1) is 12.1. The third kappa shape index (κ3) is 2.82. The van der Waals surface area contributed by atoms with Crippen LogP contribution in [-0.4, -0.2) is 10.2 Å². The molecule has 2 aromatic carbocycles. The molecule has 2 fully saturated rings. The van der Waals surface area contributed by atoms with Crippen molar-refractivity contribution in [3.63, 3.8) is 0 Å². The van der Waals surface area contributed by atoms with E-state index in [9.17, 15) is 10.2 Å². The van der Waals surface area contributed by atoms with Gasteiger partial charge in [0.25, 0.3) is 0 Å². The third-order valence-electron chi connectivity index (χ3n) is 6.69. The second-order valence-corrected chi connectivity index (χ2v) is 8.26. The molecule has 2 aromatic rings. The van der Waals surface area contributed by atoms with E-state index >= 15 is 0 Å². The molecular weight excluding hydrogens is 308 g/mol. The number of hydrogen-bond donors (Lipinski definition) is 2. The summed E-state index contributed by atoms with van der Waals surface area (Å²) in [6.45, 7) is 2.38. The Bertz CT molecular complexity index is 665. The Labute approximate surface area is 150 Å². The number of rotatable bonds is 3. The molecule has 2 heteroatoms. The van der Waals surface area contributed by atoms with E-state index in [2.05, 4.69) is 31.2 Å². The van der Waals surface area contributed by atoms with E-state index in [0.29, 0.717) is 23.3 Å². The number of hydrogen-bond acceptors (Lipinski definition) is 2. The first kappa shape index (κ1) is 16.5. The average molecular weight is 336 g/mol. The van der Waals surface area contributed by atoms with Gasteiger partial charge in [0.15, 0.2) is 0 Å². The van der Waals surface area contributed by atoms with Crippen molar-refractivity contribution in [1.29, 1.82) is 0 Å². The highest BCUT2D eigenvalue weighted by Gasteiger charge is 2.51. The predicted octanol–water partition coefficient (Wildman–Crippen LogP) is 5.62. The van der Waals surface area contributed by atoms with Gasteiger partial charge >= 0.3 is 0 Å². The standard InChI is InChI=1S/C23H28O2/c1-16-14-22(17-4-2-3-5-17)23(15-16,18-6-10-20(24)11-7-18)19-8-12-21(25)13-9-19/h6-13,16-17,22,24-25H,2-5,14-15H2,1H3. The van der Waals surface area contributed by atoms with E-state index in [1.165, 1.54) is 43.2 Å². The fraction of sp³-hybridized carbons (Fsp3) is 0.478. The molecule has 4 rings (SSSR count). The summed E-state index contributed by atoms with van der Waals surface area (Å²) in [6, 6.07) is 15.8. The van der Waals surface area contributed by atoms with Crippen LogP contribution in [0.1, 0.15) is 56.6 Å². The first-order valence-corrected chi connectivity index (χ1v) is 9.68. The van der Waals surface area contributed by atoms with Crippen molar-refractivity contribution in [1.82, 2.24) is 0 Å². The Morgan fingerprint density at radius 1 is 0.800 bits per heavy atom.